The standard InChI is InChI=1S/C15H20N4O2/c1-2-11(10-16)9-14(20)18-12-3-5-13(6-4-12)19-8-7-17-15(19)21/h3-8,11H,2,9-10,16H2,1H3,(H,17,21)(H,18,20). The van der Waals surface area contributed by atoms with Gasteiger partial charge < -0.3 is 16.0 Å². The molecule has 0 aliphatic carbocycles. The molecule has 0 aliphatic heterocycles. The van der Waals surface area contributed by atoms with Crippen LogP contribution >= 0.6 is 0 Å². The van der Waals surface area contributed by atoms with Crippen LogP contribution < -0.4 is 16.7 Å². The Morgan fingerprint density at radius 1 is 1.38 bits per heavy atom. The molecule has 4 N–H and O–H groups in total. The molecule has 6 heteroatoms. The number of nitrogens with one attached hydrogen (secondary N) is 2. The second-order valence-electron chi connectivity index (χ2n) is 4.94. The number of nitrogens with two attached hydrogens (primary N) is 1. The Balaban J connectivity index is 2.01. The maximum Gasteiger partial charge on any atom is 0.330 e. The van der Waals surface area contributed by atoms with Crippen molar-refractivity contribution in [1.29, 1.82) is 0 Å². The van der Waals surface area contributed by atoms with Crippen molar-refractivity contribution in [3.63, 3.8) is 0 Å². The van der Waals surface area contributed by atoms with Gasteiger partial charge in [0.1, 0.15) is 0 Å². The number of aromatic amines is 1. The molecule has 0 saturated carbocycles. The second-order valence-corrected chi connectivity index (χ2v) is 4.94. The van der Waals surface area contributed by atoms with Crippen LogP contribution in [0.15, 0.2) is 41.5 Å². The summed E-state index contributed by atoms with van der Waals surface area (Å²) < 4.78 is 1.49. The zero-order chi connectivity index (χ0) is 15.2. The molecule has 0 fully saturated rings. The number of amides is 1. The summed E-state index contributed by atoms with van der Waals surface area (Å²) in [6, 6.07) is 7.11. The average Bonchev–Trinajstić information content (AvgIpc) is 2.92. The van der Waals surface area contributed by atoms with Gasteiger partial charge in [-0.05, 0) is 36.7 Å². The molecule has 1 atom stereocenters. The fraction of sp³-hybridized carbons (Fsp3) is 0.333. The van der Waals surface area contributed by atoms with Gasteiger partial charge in [0, 0.05) is 24.5 Å². The smallest absolute Gasteiger partial charge is 0.330 e. The topological polar surface area (TPSA) is 92.9 Å². The fourth-order valence-electron chi connectivity index (χ4n) is 2.10. The molecule has 2 rings (SSSR count). The number of aromatic nitrogens is 2. The van der Waals surface area contributed by atoms with E-state index in [-0.39, 0.29) is 17.5 Å². The van der Waals surface area contributed by atoms with Crippen LogP contribution in [0.4, 0.5) is 5.69 Å². The number of hydrogen-bond donors (Lipinski definition) is 3. The highest BCUT2D eigenvalue weighted by Gasteiger charge is 2.10. The lowest BCUT2D eigenvalue weighted by Gasteiger charge is -2.12. The first-order valence-electron chi connectivity index (χ1n) is 7.00. The summed E-state index contributed by atoms with van der Waals surface area (Å²) in [6.07, 6.45) is 4.55. The summed E-state index contributed by atoms with van der Waals surface area (Å²) in [6.45, 7) is 2.54. The lowest BCUT2D eigenvalue weighted by atomic mass is 10.0. The number of anilines is 1. The third-order valence-electron chi connectivity index (χ3n) is 3.46. The van der Waals surface area contributed by atoms with Gasteiger partial charge in [-0.25, -0.2) is 4.79 Å². The van der Waals surface area contributed by atoms with Crippen LogP contribution in [0.1, 0.15) is 19.8 Å². The Kier molecular flexibility index (Phi) is 4.94. The fourth-order valence-corrected chi connectivity index (χ4v) is 2.10. The summed E-state index contributed by atoms with van der Waals surface area (Å²) in [4.78, 5) is 26.0. The molecule has 1 aromatic carbocycles. The minimum Gasteiger partial charge on any atom is -0.330 e. The van der Waals surface area contributed by atoms with Crippen molar-refractivity contribution >= 4 is 11.6 Å². The molecular formula is C15H20N4O2. The highest BCUT2D eigenvalue weighted by atomic mass is 16.2. The molecule has 0 bridgehead atoms. The first-order chi connectivity index (χ1) is 10.1. The molecule has 1 unspecified atom stereocenters. The highest BCUT2D eigenvalue weighted by Crippen LogP contribution is 2.14. The molecule has 112 valence electrons. The molecule has 1 amide bonds. The number of imidazole rings is 1. The lowest BCUT2D eigenvalue weighted by Crippen LogP contribution is -2.21. The maximum absolute atomic E-state index is 11.9. The van der Waals surface area contributed by atoms with Crippen molar-refractivity contribution in [2.45, 2.75) is 19.8 Å². The number of nitrogens with zero attached hydrogens (tertiary/aromatic N) is 1. The average molecular weight is 288 g/mol. The van der Waals surface area contributed by atoms with Crippen molar-refractivity contribution in [3.8, 4) is 5.69 Å². The predicted molar refractivity (Wildman–Crippen MR) is 82.5 cm³/mol. The van der Waals surface area contributed by atoms with Crippen LogP contribution in [0.2, 0.25) is 0 Å². The molecule has 0 spiro atoms. The molecule has 1 aromatic heterocycles. The van der Waals surface area contributed by atoms with Gasteiger partial charge in [-0.2, -0.15) is 0 Å². The highest BCUT2D eigenvalue weighted by molar-refractivity contribution is 5.90. The third-order valence-corrected chi connectivity index (χ3v) is 3.46. The number of benzene rings is 1. The van der Waals surface area contributed by atoms with Crippen molar-refractivity contribution in [3.05, 3.63) is 47.1 Å². The van der Waals surface area contributed by atoms with Crippen LogP contribution in [0.5, 0.6) is 0 Å². The normalized spacial score (nSPS) is 12.1. The van der Waals surface area contributed by atoms with Crippen LogP contribution in [0.25, 0.3) is 5.69 Å². The van der Waals surface area contributed by atoms with Crippen molar-refractivity contribution in [2.75, 3.05) is 11.9 Å². The second kappa shape index (κ2) is 6.90. The molecular weight excluding hydrogens is 268 g/mol. The van der Waals surface area contributed by atoms with Crippen LogP contribution in [0.3, 0.4) is 0 Å². The van der Waals surface area contributed by atoms with E-state index in [1.165, 1.54) is 4.57 Å². The molecule has 0 saturated heterocycles. The van der Waals surface area contributed by atoms with Gasteiger partial charge in [-0.15, -0.1) is 0 Å². The monoisotopic (exact) mass is 288 g/mol. The SMILES string of the molecule is CCC(CN)CC(=O)Nc1ccc(-n2cc[nH]c2=O)cc1. The number of H-pyrrole nitrogens is 1. The minimum atomic E-state index is -0.194. The molecule has 6 nitrogen and oxygen atoms in total. The predicted octanol–water partition coefficient (Wildman–Crippen LogP) is 1.48. The van der Waals surface area contributed by atoms with E-state index >= 15 is 0 Å². The first-order valence-corrected chi connectivity index (χ1v) is 7.00. The van der Waals surface area contributed by atoms with Gasteiger partial charge >= 0.3 is 5.69 Å². The maximum atomic E-state index is 11.9. The molecule has 0 aliphatic rings. The summed E-state index contributed by atoms with van der Waals surface area (Å²) in [5.41, 5.74) is 6.85. The number of carbonyl (C=O) groups is 1. The van der Waals surface area contributed by atoms with Gasteiger partial charge in [0.05, 0.1) is 5.69 Å². The Hall–Kier alpha value is -2.34. The Bertz CT molecular complexity index is 638. The van der Waals surface area contributed by atoms with Crippen molar-refractivity contribution in [1.82, 2.24) is 9.55 Å². The molecule has 1 heterocycles. The first kappa shape index (κ1) is 15.1. The van der Waals surface area contributed by atoms with E-state index in [1.54, 1.807) is 36.7 Å². The Labute approximate surface area is 123 Å². The number of hydrogen-bond acceptors (Lipinski definition) is 3. The van der Waals surface area contributed by atoms with E-state index in [0.29, 0.717) is 18.7 Å². The van der Waals surface area contributed by atoms with Gasteiger partial charge in [0.2, 0.25) is 5.91 Å². The van der Waals surface area contributed by atoms with E-state index in [9.17, 15) is 9.59 Å². The van der Waals surface area contributed by atoms with E-state index in [2.05, 4.69) is 10.3 Å². The Morgan fingerprint density at radius 3 is 2.62 bits per heavy atom. The van der Waals surface area contributed by atoms with E-state index in [0.717, 1.165) is 12.1 Å². The third kappa shape index (κ3) is 3.82. The largest absolute Gasteiger partial charge is 0.330 e. The summed E-state index contributed by atoms with van der Waals surface area (Å²) >= 11 is 0. The Morgan fingerprint density at radius 2 is 2.10 bits per heavy atom. The zero-order valence-electron chi connectivity index (χ0n) is 12.0. The van der Waals surface area contributed by atoms with Crippen LogP contribution in [-0.2, 0) is 4.79 Å². The van der Waals surface area contributed by atoms with Crippen LogP contribution in [-0.4, -0.2) is 22.0 Å². The van der Waals surface area contributed by atoms with E-state index < -0.39 is 0 Å². The van der Waals surface area contributed by atoms with Crippen molar-refractivity contribution in [2.24, 2.45) is 11.7 Å². The van der Waals surface area contributed by atoms with E-state index in [1.807, 2.05) is 6.92 Å². The number of carbonyl (C=O) groups excluding carboxylic acids is 1. The van der Waals surface area contributed by atoms with Crippen LogP contribution in [0, 0.1) is 5.92 Å². The summed E-state index contributed by atoms with van der Waals surface area (Å²) in [5.74, 6) is 0.168. The van der Waals surface area contributed by atoms with Crippen molar-refractivity contribution < 1.29 is 4.79 Å². The zero-order valence-corrected chi connectivity index (χ0v) is 12.0. The van der Waals surface area contributed by atoms with Gasteiger partial charge in [-0.3, -0.25) is 9.36 Å². The molecule has 2 aromatic rings. The van der Waals surface area contributed by atoms with Gasteiger partial charge in [0.15, 0.2) is 0 Å². The number of rotatable bonds is 6. The van der Waals surface area contributed by atoms with E-state index in [4.69, 9.17) is 5.73 Å². The summed E-state index contributed by atoms with van der Waals surface area (Å²) in [5, 5.41) is 2.84. The minimum absolute atomic E-state index is 0.0427. The van der Waals surface area contributed by atoms with Gasteiger partial charge in [-0.1, -0.05) is 13.3 Å². The molecule has 0 radical (unpaired) electrons. The molecule has 21 heavy (non-hydrogen) atoms. The summed E-state index contributed by atoms with van der Waals surface area (Å²) in [7, 11) is 0. The lowest BCUT2D eigenvalue weighted by molar-refractivity contribution is -0.117. The quantitative estimate of drug-likeness (QED) is 0.751. The van der Waals surface area contributed by atoms with Gasteiger partial charge in [0.25, 0.3) is 0 Å².